The SMILES string of the molecule is CC1=C(c2ccccc2)C(N=C=O)(N=C=O)C(c2ccccc2)C(C)(N=C=O)C1C=Cc1ccc(N=C=O)cc1. The summed E-state index contributed by atoms with van der Waals surface area (Å²) < 4.78 is 0. The monoisotopic (exact) mass is 528 g/mol. The molecule has 8 heteroatoms. The van der Waals surface area contributed by atoms with E-state index in [0.29, 0.717) is 28.0 Å². The summed E-state index contributed by atoms with van der Waals surface area (Å²) in [6.07, 6.45) is 10.3. The summed E-state index contributed by atoms with van der Waals surface area (Å²) >= 11 is 0. The Balaban J connectivity index is 2.10. The first-order valence-corrected chi connectivity index (χ1v) is 12.4. The molecule has 3 unspecified atom stereocenters. The molecule has 1 aliphatic rings. The Morgan fingerprint density at radius 1 is 0.725 bits per heavy atom. The zero-order valence-corrected chi connectivity index (χ0v) is 21.8. The van der Waals surface area contributed by atoms with Crippen molar-refractivity contribution in [3.63, 3.8) is 0 Å². The van der Waals surface area contributed by atoms with Crippen molar-refractivity contribution in [3.8, 4) is 0 Å². The van der Waals surface area contributed by atoms with Gasteiger partial charge in [0.1, 0.15) is 0 Å². The van der Waals surface area contributed by atoms with Crippen LogP contribution in [0.3, 0.4) is 0 Å². The first kappa shape index (κ1) is 27.7. The minimum Gasteiger partial charge on any atom is -0.211 e. The lowest BCUT2D eigenvalue weighted by atomic mass is 9.57. The first-order valence-electron chi connectivity index (χ1n) is 12.4. The molecule has 0 amide bonds. The molecule has 0 saturated heterocycles. The number of hydrogen-bond acceptors (Lipinski definition) is 8. The Morgan fingerprint density at radius 3 is 1.85 bits per heavy atom. The normalized spacial score (nSPS) is 23.8. The molecule has 0 N–H and O–H groups in total. The zero-order chi connectivity index (χ0) is 28.6. The second kappa shape index (κ2) is 12.0. The van der Waals surface area contributed by atoms with Crippen molar-refractivity contribution in [2.45, 2.75) is 31.0 Å². The molecule has 0 heterocycles. The van der Waals surface area contributed by atoms with Gasteiger partial charge in [-0.25, -0.2) is 19.2 Å². The van der Waals surface area contributed by atoms with Gasteiger partial charge in [0, 0.05) is 11.5 Å². The smallest absolute Gasteiger partial charge is 0.211 e. The fourth-order valence-electron chi connectivity index (χ4n) is 5.77. The van der Waals surface area contributed by atoms with Crippen LogP contribution in [-0.2, 0) is 19.2 Å². The van der Waals surface area contributed by atoms with Crippen LogP contribution in [0, 0.1) is 5.92 Å². The number of hydrogen-bond donors (Lipinski definition) is 0. The fraction of sp³-hybridized carbons (Fsp3) is 0.188. The van der Waals surface area contributed by atoms with Gasteiger partial charge in [-0.2, -0.15) is 20.0 Å². The van der Waals surface area contributed by atoms with Crippen molar-refractivity contribution < 1.29 is 19.2 Å². The molecule has 3 aromatic carbocycles. The molecular formula is C32H24N4O4. The standard InChI is InChI=1S/C32H24N4O4/c1-23-28(18-15-24-13-16-27(17-14-24)33-19-37)31(2,34-20-38)30(26-11-7-4-8-12-26)32(35-21-39,36-22-40)29(23)25-9-5-3-6-10-25/h3-18,28,30H,1-2H3. The summed E-state index contributed by atoms with van der Waals surface area (Å²) in [5, 5.41) is 0. The van der Waals surface area contributed by atoms with E-state index in [9.17, 15) is 19.2 Å². The number of isocyanates is 4. The van der Waals surface area contributed by atoms with Gasteiger partial charge in [-0.3, -0.25) is 0 Å². The van der Waals surface area contributed by atoms with Gasteiger partial charge in [0.15, 0.2) is 0 Å². The van der Waals surface area contributed by atoms with Gasteiger partial charge >= 0.3 is 0 Å². The molecule has 3 aromatic rings. The van der Waals surface area contributed by atoms with E-state index in [1.54, 1.807) is 49.4 Å². The number of carbonyl (C=O) groups excluding carboxylic acids is 4. The minimum absolute atomic E-state index is 0.468. The van der Waals surface area contributed by atoms with Gasteiger partial charge in [-0.15, -0.1) is 0 Å². The van der Waals surface area contributed by atoms with Crippen molar-refractivity contribution in [2.75, 3.05) is 0 Å². The van der Waals surface area contributed by atoms with E-state index in [1.165, 1.54) is 6.08 Å². The number of benzene rings is 3. The third kappa shape index (κ3) is 5.03. The van der Waals surface area contributed by atoms with Crippen LogP contribution in [0.25, 0.3) is 11.6 Å². The average Bonchev–Trinajstić information content (AvgIpc) is 2.95. The topological polar surface area (TPSA) is 118 Å². The van der Waals surface area contributed by atoms with E-state index < -0.39 is 23.0 Å². The number of rotatable bonds is 8. The maximum atomic E-state index is 12.0. The van der Waals surface area contributed by atoms with E-state index in [2.05, 4.69) is 20.0 Å². The zero-order valence-electron chi connectivity index (χ0n) is 21.8. The van der Waals surface area contributed by atoms with E-state index in [4.69, 9.17) is 0 Å². The first-order chi connectivity index (χ1) is 19.4. The highest BCUT2D eigenvalue weighted by Gasteiger charge is 2.60. The number of aliphatic imine (C=N–C) groups is 4. The van der Waals surface area contributed by atoms with Crippen LogP contribution < -0.4 is 0 Å². The molecule has 196 valence electrons. The lowest BCUT2D eigenvalue weighted by Crippen LogP contribution is -2.54. The van der Waals surface area contributed by atoms with Crippen LogP contribution in [0.15, 0.2) is 117 Å². The highest BCUT2D eigenvalue weighted by molar-refractivity contribution is 5.82. The Kier molecular flexibility index (Phi) is 8.32. The molecule has 0 radical (unpaired) electrons. The summed E-state index contributed by atoms with van der Waals surface area (Å²) in [7, 11) is 0. The predicted molar refractivity (Wildman–Crippen MR) is 150 cm³/mol. The van der Waals surface area contributed by atoms with Gasteiger partial charge < -0.3 is 0 Å². The molecule has 3 atom stereocenters. The van der Waals surface area contributed by atoms with Crippen molar-refractivity contribution in [1.29, 1.82) is 0 Å². The quantitative estimate of drug-likeness (QED) is 0.262. The highest BCUT2D eigenvalue weighted by atomic mass is 16.1. The van der Waals surface area contributed by atoms with Crippen LogP contribution >= 0.6 is 0 Å². The maximum absolute atomic E-state index is 12.0. The summed E-state index contributed by atoms with van der Waals surface area (Å²) in [5.41, 5.74) is 0.697. The Labute approximate surface area is 230 Å². The van der Waals surface area contributed by atoms with Crippen molar-refractivity contribution >= 4 is 41.7 Å². The summed E-state index contributed by atoms with van der Waals surface area (Å²) in [6, 6.07) is 25.2. The third-order valence-corrected chi connectivity index (χ3v) is 7.31. The molecule has 0 spiro atoms. The van der Waals surface area contributed by atoms with Crippen LogP contribution in [0.2, 0.25) is 0 Å². The van der Waals surface area contributed by atoms with Gasteiger partial charge in [-0.05, 0) is 42.7 Å². The second-order valence-electron chi connectivity index (χ2n) is 9.46. The van der Waals surface area contributed by atoms with Crippen LogP contribution in [-0.4, -0.2) is 35.5 Å². The lowest BCUT2D eigenvalue weighted by Gasteiger charge is -2.51. The van der Waals surface area contributed by atoms with E-state index in [-0.39, 0.29) is 0 Å². The average molecular weight is 529 g/mol. The Bertz CT molecular complexity index is 1620. The Hall–Kier alpha value is -5.34. The van der Waals surface area contributed by atoms with Gasteiger partial charge in [0.25, 0.3) is 0 Å². The maximum Gasteiger partial charge on any atom is 0.240 e. The summed E-state index contributed by atoms with van der Waals surface area (Å²) in [5.74, 6) is -1.43. The van der Waals surface area contributed by atoms with Crippen LogP contribution in [0.4, 0.5) is 5.69 Å². The molecule has 4 rings (SSSR count). The molecule has 0 fully saturated rings. The molecule has 0 aliphatic heterocycles. The van der Waals surface area contributed by atoms with Gasteiger partial charge in [0.05, 0.1) is 17.1 Å². The molecule has 0 aromatic heterocycles. The predicted octanol–water partition coefficient (Wildman–Crippen LogP) is 6.02. The van der Waals surface area contributed by atoms with Crippen molar-refractivity contribution in [2.24, 2.45) is 25.9 Å². The molecule has 8 nitrogen and oxygen atoms in total. The van der Waals surface area contributed by atoms with Crippen molar-refractivity contribution in [3.05, 3.63) is 113 Å². The lowest BCUT2D eigenvalue weighted by molar-refractivity contribution is 0.235. The van der Waals surface area contributed by atoms with Crippen molar-refractivity contribution in [1.82, 2.24) is 0 Å². The molecule has 40 heavy (non-hydrogen) atoms. The third-order valence-electron chi connectivity index (χ3n) is 7.31. The molecule has 0 bridgehead atoms. The molecule has 1 aliphatic carbocycles. The van der Waals surface area contributed by atoms with Gasteiger partial charge in [-0.1, -0.05) is 90.5 Å². The second-order valence-corrected chi connectivity index (χ2v) is 9.46. The minimum atomic E-state index is -1.82. The van der Waals surface area contributed by atoms with E-state index in [1.807, 2.05) is 79.7 Å². The molecule has 0 saturated carbocycles. The summed E-state index contributed by atoms with van der Waals surface area (Å²) in [4.78, 5) is 62.8. The van der Waals surface area contributed by atoms with Gasteiger partial charge in [0.2, 0.25) is 30.0 Å². The van der Waals surface area contributed by atoms with E-state index in [0.717, 1.165) is 5.56 Å². The van der Waals surface area contributed by atoms with Crippen LogP contribution in [0.1, 0.15) is 36.5 Å². The highest BCUT2D eigenvalue weighted by Crippen LogP contribution is 2.59. The fourth-order valence-corrected chi connectivity index (χ4v) is 5.77. The van der Waals surface area contributed by atoms with E-state index >= 15 is 0 Å². The van der Waals surface area contributed by atoms with Crippen LogP contribution in [0.5, 0.6) is 0 Å². The largest absolute Gasteiger partial charge is 0.240 e. The molecular weight excluding hydrogens is 504 g/mol. The summed E-state index contributed by atoms with van der Waals surface area (Å²) in [6.45, 7) is 3.60. The number of nitrogens with zero attached hydrogens (tertiary/aromatic N) is 4. The Morgan fingerprint density at radius 2 is 1.30 bits per heavy atom.